The zero-order valence-corrected chi connectivity index (χ0v) is 13.0. The number of aliphatic carboxylic acids is 1. The Morgan fingerprint density at radius 3 is 2.13 bits per heavy atom. The van der Waals surface area contributed by atoms with Crippen molar-refractivity contribution in [2.24, 2.45) is 5.73 Å². The summed E-state index contributed by atoms with van der Waals surface area (Å²) in [6, 6.07) is 6.76. The average Bonchev–Trinajstić information content (AvgIpc) is 2.49. The normalized spacial score (nSPS) is 13.4. The SMILES string of the molecule is CN(O)[C@H](CC(=O)O)C(=O)N(C)[C@@H](Cc1ccccc1)C(N)=O. The van der Waals surface area contributed by atoms with Crippen molar-refractivity contribution in [1.82, 2.24) is 9.96 Å². The molecule has 4 N–H and O–H groups in total. The summed E-state index contributed by atoms with van der Waals surface area (Å²) in [6.07, 6.45) is -0.389. The molecule has 0 spiro atoms. The number of nitrogens with two attached hydrogens (primary N) is 1. The standard InChI is InChI=1S/C15H21N3O5/c1-17(15(22)12(18(2)23)9-13(19)20)11(14(16)21)8-10-6-4-3-5-7-10/h3-7,11-12,23H,8-9H2,1-2H3,(H2,16,21)(H,19,20)/t11-,12+/m0/s1. The number of likely N-dealkylation sites (N-methyl/N-ethyl adjacent to an activating group) is 2. The molecular formula is C15H21N3O5. The van der Waals surface area contributed by atoms with Gasteiger partial charge in [-0.2, -0.15) is 5.06 Å². The quantitative estimate of drug-likeness (QED) is 0.565. The van der Waals surface area contributed by atoms with Crippen molar-refractivity contribution in [3.05, 3.63) is 35.9 Å². The number of benzene rings is 1. The molecule has 0 aromatic heterocycles. The second kappa shape index (κ2) is 8.25. The van der Waals surface area contributed by atoms with Crippen LogP contribution in [0.1, 0.15) is 12.0 Å². The van der Waals surface area contributed by atoms with E-state index in [1.165, 1.54) is 14.1 Å². The van der Waals surface area contributed by atoms with Crippen molar-refractivity contribution in [2.45, 2.75) is 24.9 Å². The third-order valence-electron chi connectivity index (χ3n) is 3.52. The van der Waals surface area contributed by atoms with E-state index in [4.69, 9.17) is 10.8 Å². The number of rotatable bonds is 8. The summed E-state index contributed by atoms with van der Waals surface area (Å²) in [5, 5.41) is 18.9. The molecule has 1 aromatic carbocycles. The minimum Gasteiger partial charge on any atom is -0.481 e. The van der Waals surface area contributed by atoms with Crippen molar-refractivity contribution < 1.29 is 24.7 Å². The lowest BCUT2D eigenvalue weighted by atomic mass is 10.0. The van der Waals surface area contributed by atoms with Crippen molar-refractivity contribution in [1.29, 1.82) is 0 Å². The molecule has 0 radical (unpaired) electrons. The minimum atomic E-state index is -1.30. The molecule has 0 fully saturated rings. The number of carboxylic acid groups (broad SMARTS) is 1. The van der Waals surface area contributed by atoms with Crippen molar-refractivity contribution in [3.63, 3.8) is 0 Å². The van der Waals surface area contributed by atoms with Gasteiger partial charge in [0.05, 0.1) is 6.42 Å². The lowest BCUT2D eigenvalue weighted by Gasteiger charge is -2.30. The van der Waals surface area contributed by atoms with E-state index in [9.17, 15) is 19.6 Å². The summed E-state index contributed by atoms with van der Waals surface area (Å²) in [5.41, 5.74) is 6.18. The van der Waals surface area contributed by atoms with Gasteiger partial charge in [-0.05, 0) is 5.56 Å². The van der Waals surface area contributed by atoms with Gasteiger partial charge in [0, 0.05) is 20.5 Å². The number of carbonyl (C=O) groups excluding carboxylic acids is 2. The van der Waals surface area contributed by atoms with Crippen LogP contribution >= 0.6 is 0 Å². The number of hydrogen-bond donors (Lipinski definition) is 3. The highest BCUT2D eigenvalue weighted by molar-refractivity contribution is 5.90. The van der Waals surface area contributed by atoms with Crippen LogP contribution in [0.3, 0.4) is 0 Å². The third kappa shape index (κ3) is 5.35. The summed E-state index contributed by atoms with van der Waals surface area (Å²) in [5.74, 6) is -2.65. The molecule has 0 aliphatic heterocycles. The second-order valence-corrected chi connectivity index (χ2v) is 5.24. The van der Waals surface area contributed by atoms with Crippen LogP contribution in [0.4, 0.5) is 0 Å². The lowest BCUT2D eigenvalue weighted by molar-refractivity contribution is -0.165. The Bertz CT molecular complexity index is 561. The van der Waals surface area contributed by atoms with Gasteiger partial charge in [0.15, 0.2) is 0 Å². The molecule has 1 rings (SSSR count). The summed E-state index contributed by atoms with van der Waals surface area (Å²) >= 11 is 0. The number of nitrogens with zero attached hydrogens (tertiary/aromatic N) is 2. The molecule has 2 atom stereocenters. The fraction of sp³-hybridized carbons (Fsp3) is 0.400. The highest BCUT2D eigenvalue weighted by Gasteiger charge is 2.33. The fourth-order valence-electron chi connectivity index (χ4n) is 2.20. The molecule has 0 heterocycles. The summed E-state index contributed by atoms with van der Waals surface area (Å²) in [6.45, 7) is 0. The molecule has 23 heavy (non-hydrogen) atoms. The number of carboxylic acids is 1. The highest BCUT2D eigenvalue weighted by atomic mass is 16.5. The first-order chi connectivity index (χ1) is 10.7. The number of primary amides is 1. The molecule has 2 amide bonds. The first kappa shape index (κ1) is 18.6. The Kier molecular flexibility index (Phi) is 6.67. The van der Waals surface area contributed by atoms with E-state index in [-0.39, 0.29) is 6.42 Å². The number of hydroxylamine groups is 2. The van der Waals surface area contributed by atoms with Crippen LogP contribution in [0.25, 0.3) is 0 Å². The van der Waals surface area contributed by atoms with Crippen LogP contribution < -0.4 is 5.73 Å². The predicted molar refractivity (Wildman–Crippen MR) is 81.5 cm³/mol. The molecule has 0 saturated carbocycles. The van der Waals surface area contributed by atoms with Crippen LogP contribution in [0, 0.1) is 0 Å². The minimum absolute atomic E-state index is 0.202. The van der Waals surface area contributed by atoms with Crippen molar-refractivity contribution >= 4 is 17.8 Å². The van der Waals surface area contributed by atoms with Gasteiger partial charge in [0.1, 0.15) is 12.1 Å². The van der Waals surface area contributed by atoms with E-state index in [0.717, 1.165) is 10.5 Å². The van der Waals surface area contributed by atoms with Crippen LogP contribution in [0.2, 0.25) is 0 Å². The topological polar surface area (TPSA) is 124 Å². The summed E-state index contributed by atoms with van der Waals surface area (Å²) < 4.78 is 0. The molecule has 0 aliphatic carbocycles. The molecule has 126 valence electrons. The highest BCUT2D eigenvalue weighted by Crippen LogP contribution is 2.12. The number of hydrogen-bond acceptors (Lipinski definition) is 5. The average molecular weight is 323 g/mol. The van der Waals surface area contributed by atoms with Crippen LogP contribution in [0.15, 0.2) is 30.3 Å². The Hall–Kier alpha value is -2.45. The van der Waals surface area contributed by atoms with Crippen LogP contribution in [-0.4, -0.2) is 64.2 Å². The lowest BCUT2D eigenvalue weighted by Crippen LogP contribution is -2.53. The zero-order chi connectivity index (χ0) is 17.6. The number of carbonyl (C=O) groups is 3. The van der Waals surface area contributed by atoms with E-state index in [0.29, 0.717) is 5.06 Å². The van der Waals surface area contributed by atoms with Crippen molar-refractivity contribution in [2.75, 3.05) is 14.1 Å². The summed E-state index contributed by atoms with van der Waals surface area (Å²) in [4.78, 5) is 36.0. The summed E-state index contributed by atoms with van der Waals surface area (Å²) in [7, 11) is 2.54. The van der Waals surface area contributed by atoms with Gasteiger partial charge in [0.25, 0.3) is 0 Å². The van der Waals surface area contributed by atoms with Gasteiger partial charge in [-0.15, -0.1) is 0 Å². The molecule has 1 aromatic rings. The third-order valence-corrected chi connectivity index (χ3v) is 3.52. The van der Waals surface area contributed by atoms with Gasteiger partial charge >= 0.3 is 5.97 Å². The molecule has 0 aliphatic rings. The molecule has 8 heteroatoms. The Morgan fingerprint density at radius 2 is 1.70 bits per heavy atom. The maximum atomic E-state index is 12.4. The Balaban J connectivity index is 2.95. The van der Waals surface area contributed by atoms with Crippen molar-refractivity contribution in [3.8, 4) is 0 Å². The van der Waals surface area contributed by atoms with Gasteiger partial charge in [0.2, 0.25) is 11.8 Å². The maximum Gasteiger partial charge on any atom is 0.305 e. The van der Waals surface area contributed by atoms with Crippen LogP contribution in [0.5, 0.6) is 0 Å². The monoisotopic (exact) mass is 323 g/mol. The van der Waals surface area contributed by atoms with E-state index in [2.05, 4.69) is 0 Å². The van der Waals surface area contributed by atoms with E-state index in [1.54, 1.807) is 24.3 Å². The largest absolute Gasteiger partial charge is 0.481 e. The molecule has 8 nitrogen and oxygen atoms in total. The number of amides is 2. The Labute approximate surface area is 134 Å². The van der Waals surface area contributed by atoms with Gasteiger partial charge in [-0.3, -0.25) is 14.4 Å². The first-order valence-electron chi connectivity index (χ1n) is 6.97. The van der Waals surface area contributed by atoms with Gasteiger partial charge < -0.3 is 20.9 Å². The van der Waals surface area contributed by atoms with E-state index in [1.807, 2.05) is 6.07 Å². The molecular weight excluding hydrogens is 302 g/mol. The first-order valence-corrected chi connectivity index (χ1v) is 6.97. The fourth-order valence-corrected chi connectivity index (χ4v) is 2.20. The predicted octanol–water partition coefficient (Wildman–Crippen LogP) is -0.294. The maximum absolute atomic E-state index is 12.4. The van der Waals surface area contributed by atoms with E-state index >= 15 is 0 Å². The second-order valence-electron chi connectivity index (χ2n) is 5.24. The Morgan fingerprint density at radius 1 is 1.13 bits per heavy atom. The zero-order valence-electron chi connectivity index (χ0n) is 13.0. The molecule has 0 bridgehead atoms. The molecule has 0 unspecified atom stereocenters. The smallest absolute Gasteiger partial charge is 0.305 e. The van der Waals surface area contributed by atoms with Gasteiger partial charge in [-0.25, -0.2) is 0 Å². The molecule has 0 saturated heterocycles. The van der Waals surface area contributed by atoms with Gasteiger partial charge in [-0.1, -0.05) is 30.3 Å². The van der Waals surface area contributed by atoms with E-state index < -0.39 is 36.3 Å². The van der Waals surface area contributed by atoms with Crippen LogP contribution in [-0.2, 0) is 20.8 Å².